The average Bonchev–Trinajstić information content (AvgIpc) is 3.36. The molecule has 3 aromatic heterocycles. The average molecular weight is 737 g/mol. The number of rotatable bonds is 8. The first-order valence-electron chi connectivity index (χ1n) is 13.5. The van der Waals surface area contributed by atoms with Crippen molar-refractivity contribution in [1.82, 2.24) is 24.5 Å². The Labute approximate surface area is 274 Å². The normalized spacial score (nSPS) is 11.0. The molecule has 45 heavy (non-hydrogen) atoms. The number of fused-ring (bicyclic) bond motifs is 1. The van der Waals surface area contributed by atoms with Crippen LogP contribution in [0.2, 0.25) is 5.02 Å². The minimum atomic E-state index is -0.678. The van der Waals surface area contributed by atoms with Crippen LogP contribution in [0.15, 0.2) is 90.0 Å². The van der Waals surface area contributed by atoms with E-state index in [1.807, 2.05) is 35.9 Å². The number of aryl methyl sites for hydroxylation is 1. The highest BCUT2D eigenvalue weighted by molar-refractivity contribution is 14.1. The van der Waals surface area contributed by atoms with Crippen LogP contribution in [-0.4, -0.2) is 37.6 Å². The zero-order valence-electron chi connectivity index (χ0n) is 23.8. The van der Waals surface area contributed by atoms with Gasteiger partial charge in [-0.25, -0.2) is 14.1 Å². The molecule has 0 unspecified atom stereocenters. The van der Waals surface area contributed by atoms with Crippen molar-refractivity contribution in [2.24, 2.45) is 0 Å². The summed E-state index contributed by atoms with van der Waals surface area (Å²) in [5, 5.41) is 12.3. The van der Waals surface area contributed by atoms with Crippen LogP contribution in [0.5, 0.6) is 17.2 Å². The molecule has 1 N–H and O–H groups in total. The number of nitrogens with one attached hydrogen (secondary N) is 1. The number of aromatic nitrogens is 5. The Morgan fingerprint density at radius 2 is 1.78 bits per heavy atom. The number of pyridine rings is 1. The lowest BCUT2D eigenvalue weighted by atomic mass is 10.2. The van der Waals surface area contributed by atoms with Gasteiger partial charge in [0.15, 0.2) is 5.65 Å². The third-order valence-electron chi connectivity index (χ3n) is 6.94. The molecule has 10 nitrogen and oxygen atoms in total. The smallest absolute Gasteiger partial charge is 0.284 e. The molecule has 0 bridgehead atoms. The van der Waals surface area contributed by atoms with Gasteiger partial charge in [0.05, 0.1) is 35.4 Å². The minimum Gasteiger partial charge on any atom is -0.497 e. The second kappa shape index (κ2) is 12.7. The zero-order chi connectivity index (χ0) is 31.7. The summed E-state index contributed by atoms with van der Waals surface area (Å²) in [5.74, 6) is 0.643. The third-order valence-corrected chi connectivity index (χ3v) is 8.01. The van der Waals surface area contributed by atoms with Crippen molar-refractivity contribution >= 4 is 56.8 Å². The Balaban J connectivity index is 1.24. The van der Waals surface area contributed by atoms with Gasteiger partial charge in [0.1, 0.15) is 32.3 Å². The number of hydrogen-bond acceptors (Lipinski definition) is 7. The summed E-state index contributed by atoms with van der Waals surface area (Å²) >= 11 is 8.74. The van der Waals surface area contributed by atoms with Crippen LogP contribution in [-0.2, 0) is 6.54 Å². The fourth-order valence-electron chi connectivity index (χ4n) is 4.65. The summed E-state index contributed by atoms with van der Waals surface area (Å²) in [6, 6.07) is 19.3. The second-order valence-electron chi connectivity index (χ2n) is 9.90. The molecule has 0 atom stereocenters. The van der Waals surface area contributed by atoms with Gasteiger partial charge in [-0.15, -0.1) is 0 Å². The van der Waals surface area contributed by atoms with Crippen molar-refractivity contribution in [2.45, 2.75) is 13.5 Å². The van der Waals surface area contributed by atoms with Gasteiger partial charge in [-0.05, 0) is 89.2 Å². The van der Waals surface area contributed by atoms with Crippen molar-refractivity contribution in [3.63, 3.8) is 0 Å². The predicted octanol–water partition coefficient (Wildman–Crippen LogP) is 6.78. The first kappa shape index (κ1) is 30.2. The van der Waals surface area contributed by atoms with Crippen molar-refractivity contribution in [2.75, 3.05) is 12.4 Å². The van der Waals surface area contributed by atoms with Crippen LogP contribution in [0.25, 0.3) is 16.7 Å². The highest BCUT2D eigenvalue weighted by Gasteiger charge is 2.19. The Bertz CT molecular complexity index is 2120. The van der Waals surface area contributed by atoms with Crippen molar-refractivity contribution < 1.29 is 18.7 Å². The van der Waals surface area contributed by atoms with Crippen LogP contribution < -0.4 is 20.3 Å². The number of methoxy groups -OCH3 is 1. The summed E-state index contributed by atoms with van der Waals surface area (Å²) in [6.07, 6.45) is 2.97. The van der Waals surface area contributed by atoms with E-state index in [1.54, 1.807) is 31.5 Å². The lowest BCUT2D eigenvalue weighted by molar-refractivity contribution is 0.102. The Hall–Kier alpha value is -4.82. The summed E-state index contributed by atoms with van der Waals surface area (Å²) in [6.45, 7) is 2.32. The van der Waals surface area contributed by atoms with E-state index in [-0.39, 0.29) is 16.3 Å². The molecule has 0 saturated carbocycles. The molecule has 0 aliphatic carbocycles. The zero-order valence-corrected chi connectivity index (χ0v) is 26.7. The first-order valence-corrected chi connectivity index (χ1v) is 14.9. The maximum atomic E-state index is 13.4. The Morgan fingerprint density at radius 3 is 2.51 bits per heavy atom. The van der Waals surface area contributed by atoms with Crippen LogP contribution in [0.4, 0.5) is 10.1 Å². The Kier molecular flexibility index (Phi) is 8.50. The van der Waals surface area contributed by atoms with Gasteiger partial charge < -0.3 is 14.8 Å². The number of benzene rings is 3. The number of carbonyl (C=O) groups excluding carboxylic acids is 1. The molecule has 3 aromatic carbocycles. The molecular formula is C32H23ClFIN6O4. The van der Waals surface area contributed by atoms with Gasteiger partial charge in [0.2, 0.25) is 0 Å². The number of nitrogens with zero attached hydrogens (tertiary/aromatic N) is 5. The lowest BCUT2D eigenvalue weighted by Gasteiger charge is -2.14. The largest absolute Gasteiger partial charge is 0.497 e. The molecule has 226 valence electrons. The van der Waals surface area contributed by atoms with Crippen LogP contribution in [0.1, 0.15) is 21.5 Å². The van der Waals surface area contributed by atoms with E-state index in [0.29, 0.717) is 34.9 Å². The molecule has 6 aromatic rings. The molecule has 1 amide bonds. The van der Waals surface area contributed by atoms with Gasteiger partial charge >= 0.3 is 0 Å². The first-order chi connectivity index (χ1) is 21.7. The van der Waals surface area contributed by atoms with Gasteiger partial charge in [-0.3, -0.25) is 9.59 Å². The molecule has 0 spiro atoms. The maximum Gasteiger partial charge on any atom is 0.284 e. The quantitative estimate of drug-likeness (QED) is 0.172. The predicted molar refractivity (Wildman–Crippen MR) is 176 cm³/mol. The van der Waals surface area contributed by atoms with Crippen LogP contribution >= 0.6 is 34.2 Å². The fraction of sp³-hybridized carbons (Fsp3) is 0.0938. The van der Waals surface area contributed by atoms with E-state index in [2.05, 4.69) is 43.1 Å². The summed E-state index contributed by atoms with van der Waals surface area (Å²) < 4.78 is 28.5. The van der Waals surface area contributed by atoms with E-state index >= 15 is 0 Å². The summed E-state index contributed by atoms with van der Waals surface area (Å²) in [7, 11) is 1.63. The summed E-state index contributed by atoms with van der Waals surface area (Å²) in [5.41, 5.74) is 2.14. The topological polar surface area (TPSA) is 113 Å². The highest BCUT2D eigenvalue weighted by Crippen LogP contribution is 2.37. The maximum absolute atomic E-state index is 13.4. The molecule has 0 aliphatic rings. The van der Waals surface area contributed by atoms with E-state index in [1.165, 1.54) is 36.5 Å². The van der Waals surface area contributed by atoms with Crippen molar-refractivity contribution in [3.05, 3.63) is 127 Å². The monoisotopic (exact) mass is 736 g/mol. The summed E-state index contributed by atoms with van der Waals surface area (Å²) in [4.78, 5) is 30.7. The molecular weight excluding hydrogens is 714 g/mol. The number of amides is 1. The molecule has 0 radical (unpaired) electrons. The third kappa shape index (κ3) is 6.24. The van der Waals surface area contributed by atoms with E-state index in [0.717, 1.165) is 25.1 Å². The molecule has 0 fully saturated rings. The van der Waals surface area contributed by atoms with Gasteiger partial charge in [-0.1, -0.05) is 23.7 Å². The van der Waals surface area contributed by atoms with E-state index in [9.17, 15) is 14.0 Å². The lowest BCUT2D eigenvalue weighted by Crippen LogP contribution is -2.29. The number of anilines is 1. The van der Waals surface area contributed by atoms with Gasteiger partial charge in [-0.2, -0.15) is 14.9 Å². The number of hydrogen-bond donors (Lipinski definition) is 1. The minimum absolute atomic E-state index is 0.163. The molecule has 13 heteroatoms. The van der Waals surface area contributed by atoms with E-state index < -0.39 is 17.3 Å². The highest BCUT2D eigenvalue weighted by atomic mass is 127. The van der Waals surface area contributed by atoms with Crippen molar-refractivity contribution in [1.29, 1.82) is 0 Å². The van der Waals surface area contributed by atoms with E-state index in [4.69, 9.17) is 21.1 Å². The second-order valence-corrected chi connectivity index (χ2v) is 11.3. The number of halogens is 3. The van der Waals surface area contributed by atoms with Gasteiger partial charge in [0.25, 0.3) is 11.5 Å². The molecule has 0 saturated heterocycles. The molecule has 0 aliphatic heterocycles. The SMILES string of the molecule is COc1ccc(Cn2nc(I)c3c(Oc4cc(Cl)c(NC(=O)c5ccnn(-c6ccc(F)cc6)c5=O)cc4C)ccnc32)cc1. The number of ether oxygens (including phenoxy) is 2. The van der Waals surface area contributed by atoms with Crippen LogP contribution in [0, 0.1) is 16.4 Å². The van der Waals surface area contributed by atoms with Crippen molar-refractivity contribution in [3.8, 4) is 22.9 Å². The van der Waals surface area contributed by atoms with Gasteiger partial charge in [0, 0.05) is 24.5 Å². The number of carbonyl (C=O) groups is 1. The fourth-order valence-corrected chi connectivity index (χ4v) is 5.62. The Morgan fingerprint density at radius 1 is 1.02 bits per heavy atom. The molecule has 6 rings (SSSR count). The van der Waals surface area contributed by atoms with Crippen LogP contribution in [0.3, 0.4) is 0 Å². The molecule has 3 heterocycles. The standard InChI is InChI=1S/C32H23ClFIN6O4/c1-18-15-25(38-31(42)23-11-14-37-41(32(23)43)21-7-5-20(34)6-8-21)24(33)16-27(18)45-26-12-13-36-30-28(26)29(35)39-40(30)17-19-3-9-22(44-2)10-4-19/h3-16H,17H2,1-2H3,(H,38,42).